The minimum Gasteiger partial charge on any atom is -0.351 e. The normalized spacial score (nSPS) is 10.8. The van der Waals surface area contributed by atoms with E-state index in [2.05, 4.69) is 15.3 Å². The molecule has 0 aliphatic heterocycles. The lowest BCUT2D eigenvalue weighted by Gasteiger charge is -2.12. The van der Waals surface area contributed by atoms with Gasteiger partial charge >= 0.3 is 0 Å². The van der Waals surface area contributed by atoms with Gasteiger partial charge in [-0.05, 0) is 50.8 Å². The monoisotopic (exact) mass is 344 g/mol. The van der Waals surface area contributed by atoms with Crippen molar-refractivity contribution in [2.75, 3.05) is 27.2 Å². The number of nitrogens with zero attached hydrogens (tertiary/aromatic N) is 3. The number of carbonyl (C=O) groups excluding carboxylic acids is 1. The SMILES string of the molecule is Cc1cc(C(=O)NCCN(C)C)c2nc3ccccc3nc2c1.Cl. The number of likely N-dealkylation sites (N-methyl/N-ethyl adjacent to an activating group) is 1. The van der Waals surface area contributed by atoms with E-state index in [4.69, 9.17) is 0 Å². The van der Waals surface area contributed by atoms with Crippen LogP contribution < -0.4 is 5.32 Å². The molecule has 1 aromatic heterocycles. The molecule has 1 amide bonds. The van der Waals surface area contributed by atoms with Crippen LogP contribution in [0.25, 0.3) is 22.1 Å². The van der Waals surface area contributed by atoms with Gasteiger partial charge in [-0.25, -0.2) is 9.97 Å². The van der Waals surface area contributed by atoms with Gasteiger partial charge in [-0.2, -0.15) is 0 Å². The highest BCUT2D eigenvalue weighted by atomic mass is 35.5. The number of para-hydroxylation sites is 2. The summed E-state index contributed by atoms with van der Waals surface area (Å²) in [5.41, 5.74) is 4.62. The minimum atomic E-state index is -0.106. The van der Waals surface area contributed by atoms with E-state index in [0.717, 1.165) is 28.7 Å². The predicted octanol–water partition coefficient (Wildman–Crippen LogP) is 2.80. The van der Waals surface area contributed by atoms with Crippen molar-refractivity contribution in [1.82, 2.24) is 20.2 Å². The summed E-state index contributed by atoms with van der Waals surface area (Å²) in [6.07, 6.45) is 0. The summed E-state index contributed by atoms with van der Waals surface area (Å²) >= 11 is 0. The molecule has 5 nitrogen and oxygen atoms in total. The number of benzene rings is 2. The fraction of sp³-hybridized carbons (Fsp3) is 0.278. The maximum absolute atomic E-state index is 12.5. The molecule has 2 aromatic carbocycles. The van der Waals surface area contributed by atoms with Crippen LogP contribution in [0, 0.1) is 6.92 Å². The Morgan fingerprint density at radius 1 is 1.08 bits per heavy atom. The van der Waals surface area contributed by atoms with Crippen LogP contribution in [0.2, 0.25) is 0 Å². The number of amides is 1. The number of fused-ring (bicyclic) bond motifs is 2. The summed E-state index contributed by atoms with van der Waals surface area (Å²) in [4.78, 5) is 23.8. The van der Waals surface area contributed by atoms with Gasteiger partial charge in [-0.3, -0.25) is 4.79 Å². The molecule has 1 N–H and O–H groups in total. The fourth-order valence-electron chi connectivity index (χ4n) is 2.53. The van der Waals surface area contributed by atoms with Gasteiger partial charge in [0, 0.05) is 13.1 Å². The van der Waals surface area contributed by atoms with Crippen LogP contribution in [0.15, 0.2) is 36.4 Å². The van der Waals surface area contributed by atoms with E-state index in [1.54, 1.807) is 0 Å². The third-order valence-corrected chi connectivity index (χ3v) is 3.68. The molecular weight excluding hydrogens is 324 g/mol. The Labute approximate surface area is 147 Å². The molecule has 24 heavy (non-hydrogen) atoms. The predicted molar refractivity (Wildman–Crippen MR) is 99.9 cm³/mol. The summed E-state index contributed by atoms with van der Waals surface area (Å²) in [7, 11) is 3.96. The molecular formula is C18H21ClN4O. The Balaban J connectivity index is 0.00000208. The van der Waals surface area contributed by atoms with Gasteiger partial charge in [0.05, 0.1) is 22.1 Å². The topological polar surface area (TPSA) is 58.1 Å². The number of aromatic nitrogens is 2. The number of nitrogens with one attached hydrogen (secondary N) is 1. The Morgan fingerprint density at radius 3 is 2.42 bits per heavy atom. The van der Waals surface area contributed by atoms with E-state index in [9.17, 15) is 4.79 Å². The summed E-state index contributed by atoms with van der Waals surface area (Å²) in [5, 5.41) is 2.95. The molecule has 0 radical (unpaired) electrons. The zero-order chi connectivity index (χ0) is 16.4. The molecule has 0 saturated heterocycles. The molecule has 6 heteroatoms. The minimum absolute atomic E-state index is 0. The number of rotatable bonds is 4. The highest BCUT2D eigenvalue weighted by Crippen LogP contribution is 2.21. The molecule has 0 aliphatic rings. The number of carbonyl (C=O) groups is 1. The van der Waals surface area contributed by atoms with Crippen molar-refractivity contribution < 1.29 is 4.79 Å². The van der Waals surface area contributed by atoms with Gasteiger partial charge in [0.15, 0.2) is 0 Å². The van der Waals surface area contributed by atoms with Crippen molar-refractivity contribution in [3.8, 4) is 0 Å². The first-order chi connectivity index (χ1) is 11.0. The van der Waals surface area contributed by atoms with E-state index in [0.29, 0.717) is 17.6 Å². The first kappa shape index (κ1) is 18.1. The Morgan fingerprint density at radius 2 is 1.75 bits per heavy atom. The summed E-state index contributed by atoms with van der Waals surface area (Å²) in [5.74, 6) is -0.106. The van der Waals surface area contributed by atoms with E-state index in [-0.39, 0.29) is 18.3 Å². The first-order valence-electron chi connectivity index (χ1n) is 7.64. The zero-order valence-electron chi connectivity index (χ0n) is 14.0. The Hall–Kier alpha value is -2.24. The van der Waals surface area contributed by atoms with Crippen LogP contribution in [0.1, 0.15) is 15.9 Å². The van der Waals surface area contributed by atoms with Gasteiger partial charge in [0.2, 0.25) is 0 Å². The Kier molecular flexibility index (Phi) is 5.70. The molecule has 0 aliphatic carbocycles. The fourth-order valence-corrected chi connectivity index (χ4v) is 2.53. The molecule has 3 rings (SSSR count). The van der Waals surface area contributed by atoms with Crippen molar-refractivity contribution in [2.45, 2.75) is 6.92 Å². The standard InChI is InChI=1S/C18H20N4O.ClH/c1-12-10-13(18(23)19-8-9-22(2)3)17-16(11-12)20-14-6-4-5-7-15(14)21-17;/h4-7,10-11H,8-9H2,1-3H3,(H,19,23);1H. The average Bonchev–Trinajstić information content (AvgIpc) is 2.51. The van der Waals surface area contributed by atoms with Crippen molar-refractivity contribution in [2.24, 2.45) is 0 Å². The zero-order valence-corrected chi connectivity index (χ0v) is 14.9. The number of hydrogen-bond donors (Lipinski definition) is 1. The van der Waals surface area contributed by atoms with Crippen molar-refractivity contribution in [3.63, 3.8) is 0 Å². The molecule has 0 saturated carbocycles. The maximum atomic E-state index is 12.5. The maximum Gasteiger partial charge on any atom is 0.253 e. The van der Waals surface area contributed by atoms with Crippen molar-refractivity contribution in [1.29, 1.82) is 0 Å². The van der Waals surface area contributed by atoms with Crippen molar-refractivity contribution >= 4 is 40.4 Å². The van der Waals surface area contributed by atoms with Crippen LogP contribution in [0.5, 0.6) is 0 Å². The van der Waals surface area contributed by atoms with Crippen LogP contribution in [-0.4, -0.2) is 48.0 Å². The summed E-state index contributed by atoms with van der Waals surface area (Å²) in [6.45, 7) is 3.36. The van der Waals surface area contributed by atoms with Crippen LogP contribution >= 0.6 is 12.4 Å². The second kappa shape index (κ2) is 7.55. The highest BCUT2D eigenvalue weighted by Gasteiger charge is 2.14. The number of halogens is 1. The molecule has 126 valence electrons. The smallest absolute Gasteiger partial charge is 0.253 e. The van der Waals surface area contributed by atoms with Gasteiger partial charge < -0.3 is 10.2 Å². The van der Waals surface area contributed by atoms with Gasteiger partial charge in [-0.1, -0.05) is 12.1 Å². The van der Waals surface area contributed by atoms with E-state index >= 15 is 0 Å². The molecule has 3 aromatic rings. The lowest BCUT2D eigenvalue weighted by atomic mass is 10.1. The molecule has 0 unspecified atom stereocenters. The lowest BCUT2D eigenvalue weighted by Crippen LogP contribution is -2.31. The molecule has 0 fully saturated rings. The number of hydrogen-bond acceptors (Lipinski definition) is 4. The van der Waals surface area contributed by atoms with Crippen LogP contribution in [0.4, 0.5) is 0 Å². The highest BCUT2D eigenvalue weighted by molar-refractivity contribution is 6.06. The quantitative estimate of drug-likeness (QED) is 0.739. The molecule has 0 atom stereocenters. The van der Waals surface area contributed by atoms with Crippen LogP contribution in [-0.2, 0) is 0 Å². The molecule has 0 bridgehead atoms. The van der Waals surface area contributed by atoms with Crippen molar-refractivity contribution in [3.05, 3.63) is 47.5 Å². The van der Waals surface area contributed by atoms with Gasteiger partial charge in [0.1, 0.15) is 5.52 Å². The van der Waals surface area contributed by atoms with Gasteiger partial charge in [0.25, 0.3) is 5.91 Å². The van der Waals surface area contributed by atoms with E-state index in [1.165, 1.54) is 0 Å². The van der Waals surface area contributed by atoms with Gasteiger partial charge in [-0.15, -0.1) is 12.4 Å². The summed E-state index contributed by atoms with van der Waals surface area (Å²) < 4.78 is 0. The van der Waals surface area contributed by atoms with E-state index in [1.807, 2.05) is 62.3 Å². The average molecular weight is 345 g/mol. The third kappa shape index (κ3) is 3.80. The number of aryl methyl sites for hydroxylation is 1. The second-order valence-electron chi connectivity index (χ2n) is 5.95. The third-order valence-electron chi connectivity index (χ3n) is 3.68. The lowest BCUT2D eigenvalue weighted by molar-refractivity contribution is 0.0952. The van der Waals surface area contributed by atoms with E-state index < -0.39 is 0 Å². The molecule has 0 spiro atoms. The second-order valence-corrected chi connectivity index (χ2v) is 5.95. The molecule has 1 heterocycles. The van der Waals surface area contributed by atoms with Crippen LogP contribution in [0.3, 0.4) is 0 Å². The largest absolute Gasteiger partial charge is 0.351 e. The summed E-state index contributed by atoms with van der Waals surface area (Å²) in [6, 6.07) is 11.5. The Bertz CT molecular complexity index is 879. The first-order valence-corrected chi connectivity index (χ1v) is 7.64.